The van der Waals surface area contributed by atoms with Crippen LogP contribution in [-0.2, 0) is 11.3 Å². The van der Waals surface area contributed by atoms with Crippen molar-refractivity contribution in [3.8, 4) is 0 Å². The van der Waals surface area contributed by atoms with Crippen LogP contribution in [0.4, 0.5) is 4.79 Å². The van der Waals surface area contributed by atoms with E-state index in [2.05, 4.69) is 10.6 Å². The van der Waals surface area contributed by atoms with E-state index in [0.29, 0.717) is 6.54 Å². The molecule has 0 bridgehead atoms. The van der Waals surface area contributed by atoms with Gasteiger partial charge < -0.3 is 20.8 Å². The Morgan fingerprint density at radius 3 is 2.71 bits per heavy atom. The molecule has 0 fully saturated rings. The molecule has 0 saturated carbocycles. The number of carbonyl (C=O) groups excluding carboxylic acids is 1. The van der Waals surface area contributed by atoms with Crippen LogP contribution in [0.1, 0.15) is 10.4 Å². The van der Waals surface area contributed by atoms with Gasteiger partial charge in [0.2, 0.25) is 0 Å². The summed E-state index contributed by atoms with van der Waals surface area (Å²) in [5, 5.41) is 23.9. The van der Waals surface area contributed by atoms with Crippen LogP contribution in [0.3, 0.4) is 0 Å². The van der Waals surface area contributed by atoms with Crippen molar-refractivity contribution < 1.29 is 19.8 Å². The van der Waals surface area contributed by atoms with Crippen molar-refractivity contribution in [2.75, 3.05) is 6.61 Å². The molecule has 0 unspecified atom stereocenters. The summed E-state index contributed by atoms with van der Waals surface area (Å²) in [4.78, 5) is 22.9. The van der Waals surface area contributed by atoms with Crippen molar-refractivity contribution >= 4 is 23.3 Å². The van der Waals surface area contributed by atoms with E-state index < -0.39 is 24.6 Å². The third kappa shape index (κ3) is 4.04. The maximum absolute atomic E-state index is 11.3. The molecule has 6 nitrogen and oxygen atoms in total. The summed E-state index contributed by atoms with van der Waals surface area (Å²) in [5.41, 5.74) is 1.08. The zero-order chi connectivity index (χ0) is 12.8. The van der Waals surface area contributed by atoms with Gasteiger partial charge in [-0.1, -0.05) is 0 Å². The third-order valence-electron chi connectivity index (χ3n) is 2.16. The minimum absolute atomic E-state index is 0.340. The highest BCUT2D eigenvalue weighted by Gasteiger charge is 2.18. The first-order chi connectivity index (χ1) is 8.04. The largest absolute Gasteiger partial charge is 0.480 e. The van der Waals surface area contributed by atoms with Crippen molar-refractivity contribution in [1.29, 1.82) is 0 Å². The molecule has 0 aliphatic carbocycles. The van der Waals surface area contributed by atoms with E-state index in [4.69, 9.17) is 10.2 Å². The number of thiophene rings is 1. The molecule has 1 atom stereocenters. The Kier molecular flexibility index (Phi) is 4.92. The van der Waals surface area contributed by atoms with E-state index in [-0.39, 0.29) is 0 Å². The van der Waals surface area contributed by atoms with Gasteiger partial charge in [0, 0.05) is 4.88 Å². The first-order valence-electron chi connectivity index (χ1n) is 4.95. The number of aliphatic hydroxyl groups is 1. The first-order valence-corrected chi connectivity index (χ1v) is 5.83. The SMILES string of the molecule is Cc1ccsc1CNC(=O)N[C@H](CO)C(=O)O. The molecule has 94 valence electrons. The molecule has 7 heteroatoms. The predicted octanol–water partition coefficient (Wildman–Crippen LogP) is 0.301. The van der Waals surface area contributed by atoms with Gasteiger partial charge in [-0.25, -0.2) is 9.59 Å². The van der Waals surface area contributed by atoms with Crippen molar-refractivity contribution in [1.82, 2.24) is 10.6 Å². The second-order valence-electron chi connectivity index (χ2n) is 3.43. The fraction of sp³-hybridized carbons (Fsp3) is 0.400. The van der Waals surface area contributed by atoms with Crippen LogP contribution in [0.25, 0.3) is 0 Å². The monoisotopic (exact) mass is 258 g/mol. The number of urea groups is 1. The van der Waals surface area contributed by atoms with Gasteiger partial charge in [-0.15, -0.1) is 11.3 Å². The average Bonchev–Trinajstić information content (AvgIpc) is 2.68. The molecule has 0 aliphatic rings. The lowest BCUT2D eigenvalue weighted by Crippen LogP contribution is -2.47. The van der Waals surface area contributed by atoms with E-state index in [1.165, 1.54) is 11.3 Å². The van der Waals surface area contributed by atoms with E-state index in [9.17, 15) is 9.59 Å². The molecule has 2 amide bonds. The summed E-state index contributed by atoms with van der Waals surface area (Å²) in [6, 6.07) is 0.0477. The zero-order valence-corrected chi connectivity index (χ0v) is 10.1. The quantitative estimate of drug-likeness (QED) is 0.610. The number of aliphatic carboxylic acids is 1. The smallest absolute Gasteiger partial charge is 0.328 e. The fourth-order valence-corrected chi connectivity index (χ4v) is 1.99. The molecular formula is C10H14N2O4S. The Hall–Kier alpha value is -1.60. The number of amides is 2. The number of nitrogens with one attached hydrogen (secondary N) is 2. The minimum atomic E-state index is -1.28. The van der Waals surface area contributed by atoms with Crippen molar-refractivity contribution in [3.05, 3.63) is 21.9 Å². The van der Waals surface area contributed by atoms with Crippen molar-refractivity contribution in [2.45, 2.75) is 19.5 Å². The number of hydrogen-bond acceptors (Lipinski definition) is 4. The highest BCUT2D eigenvalue weighted by atomic mass is 32.1. The molecule has 4 N–H and O–H groups in total. The number of carboxylic acids is 1. The van der Waals surface area contributed by atoms with Gasteiger partial charge in [0.1, 0.15) is 0 Å². The van der Waals surface area contributed by atoms with Gasteiger partial charge in [-0.3, -0.25) is 0 Å². The number of rotatable bonds is 5. The Labute approximate surface area is 102 Å². The lowest BCUT2D eigenvalue weighted by atomic mass is 10.3. The lowest BCUT2D eigenvalue weighted by Gasteiger charge is -2.12. The molecule has 1 aromatic heterocycles. The number of carboxylic acid groups (broad SMARTS) is 1. The van der Waals surface area contributed by atoms with Gasteiger partial charge in [-0.05, 0) is 23.9 Å². The molecule has 1 heterocycles. The van der Waals surface area contributed by atoms with Crippen LogP contribution in [0.5, 0.6) is 0 Å². The number of carbonyl (C=O) groups is 2. The molecule has 0 spiro atoms. The summed E-state index contributed by atoms with van der Waals surface area (Å²) < 4.78 is 0. The maximum atomic E-state index is 11.3. The molecular weight excluding hydrogens is 244 g/mol. The van der Waals surface area contributed by atoms with Crippen LogP contribution < -0.4 is 10.6 Å². The standard InChI is InChI=1S/C10H14N2O4S/c1-6-2-3-17-8(6)4-11-10(16)12-7(5-13)9(14)15/h2-3,7,13H,4-5H2,1H3,(H,14,15)(H2,11,12,16)/t7-/m1/s1. The second-order valence-corrected chi connectivity index (χ2v) is 4.43. The molecule has 1 aromatic rings. The Bertz CT molecular complexity index is 405. The molecule has 17 heavy (non-hydrogen) atoms. The molecule has 0 aromatic carbocycles. The topological polar surface area (TPSA) is 98.7 Å². The van der Waals surface area contributed by atoms with Gasteiger partial charge in [0.05, 0.1) is 13.2 Å². The first kappa shape index (κ1) is 13.5. The van der Waals surface area contributed by atoms with E-state index in [1.54, 1.807) is 0 Å². The summed E-state index contributed by atoms with van der Waals surface area (Å²) in [5.74, 6) is -1.27. The van der Waals surface area contributed by atoms with Crippen LogP contribution in [-0.4, -0.2) is 34.9 Å². The van der Waals surface area contributed by atoms with Gasteiger partial charge in [0.15, 0.2) is 6.04 Å². The van der Waals surface area contributed by atoms with E-state index in [0.717, 1.165) is 10.4 Å². The second kappa shape index (κ2) is 6.21. The molecule has 0 aliphatic heterocycles. The maximum Gasteiger partial charge on any atom is 0.328 e. The highest BCUT2D eigenvalue weighted by Crippen LogP contribution is 2.14. The van der Waals surface area contributed by atoms with Gasteiger partial charge in [0.25, 0.3) is 0 Å². The summed E-state index contributed by atoms with van der Waals surface area (Å²) in [6.07, 6.45) is 0. The zero-order valence-electron chi connectivity index (χ0n) is 9.27. The van der Waals surface area contributed by atoms with Crippen LogP contribution in [0, 0.1) is 6.92 Å². The third-order valence-corrected chi connectivity index (χ3v) is 3.19. The van der Waals surface area contributed by atoms with Gasteiger partial charge in [-0.2, -0.15) is 0 Å². The number of aryl methyl sites for hydroxylation is 1. The van der Waals surface area contributed by atoms with Crippen molar-refractivity contribution in [2.24, 2.45) is 0 Å². The Balaban J connectivity index is 2.40. The highest BCUT2D eigenvalue weighted by molar-refractivity contribution is 7.10. The van der Waals surface area contributed by atoms with E-state index >= 15 is 0 Å². The average molecular weight is 258 g/mol. The summed E-state index contributed by atoms with van der Waals surface area (Å²) >= 11 is 1.51. The summed E-state index contributed by atoms with van der Waals surface area (Å²) in [7, 11) is 0. The Morgan fingerprint density at radius 2 is 2.24 bits per heavy atom. The van der Waals surface area contributed by atoms with E-state index in [1.807, 2.05) is 18.4 Å². The van der Waals surface area contributed by atoms with Crippen LogP contribution >= 0.6 is 11.3 Å². The Morgan fingerprint density at radius 1 is 1.53 bits per heavy atom. The molecule has 0 radical (unpaired) electrons. The van der Waals surface area contributed by atoms with Crippen LogP contribution in [0.2, 0.25) is 0 Å². The minimum Gasteiger partial charge on any atom is -0.480 e. The van der Waals surface area contributed by atoms with Crippen molar-refractivity contribution in [3.63, 3.8) is 0 Å². The molecule has 1 rings (SSSR count). The lowest BCUT2D eigenvalue weighted by molar-refractivity contribution is -0.140. The van der Waals surface area contributed by atoms with Gasteiger partial charge >= 0.3 is 12.0 Å². The van der Waals surface area contributed by atoms with Crippen LogP contribution in [0.15, 0.2) is 11.4 Å². The normalized spacial score (nSPS) is 11.9. The summed E-state index contributed by atoms with van der Waals surface area (Å²) in [6.45, 7) is 1.63. The predicted molar refractivity (Wildman–Crippen MR) is 62.9 cm³/mol. The number of hydrogen-bond donors (Lipinski definition) is 4. The number of aliphatic hydroxyl groups excluding tert-OH is 1. The fourth-order valence-electron chi connectivity index (χ4n) is 1.14. The molecule has 0 saturated heterocycles.